The first-order valence-corrected chi connectivity index (χ1v) is 7.07. The van der Waals surface area contributed by atoms with Crippen molar-refractivity contribution in [2.75, 3.05) is 18.0 Å². The number of hydrogen-bond donors (Lipinski definition) is 0. The minimum absolute atomic E-state index is 0.171. The van der Waals surface area contributed by atoms with Crippen LogP contribution < -0.4 is 4.90 Å². The van der Waals surface area contributed by atoms with Crippen molar-refractivity contribution < 1.29 is 4.79 Å². The Labute approximate surface area is 111 Å². The second-order valence-corrected chi connectivity index (χ2v) is 4.60. The lowest BCUT2D eigenvalue weighted by molar-refractivity contribution is 0.0913. The molecule has 0 atom stereocenters. The summed E-state index contributed by atoms with van der Waals surface area (Å²) < 4.78 is 0. The Morgan fingerprint density at radius 1 is 1.00 bits per heavy atom. The van der Waals surface area contributed by atoms with E-state index in [9.17, 15) is 4.79 Å². The highest BCUT2D eigenvalue weighted by atomic mass is 16.1. The number of carbonyl (C=O) groups excluding carboxylic acids is 1. The summed E-state index contributed by atoms with van der Waals surface area (Å²) in [5, 5.41) is 0. The molecule has 18 heavy (non-hydrogen) atoms. The zero-order valence-corrected chi connectivity index (χ0v) is 12.1. The van der Waals surface area contributed by atoms with Gasteiger partial charge in [-0.2, -0.15) is 0 Å². The molecule has 0 aromatic heterocycles. The van der Waals surface area contributed by atoms with E-state index in [4.69, 9.17) is 0 Å². The van der Waals surface area contributed by atoms with Crippen molar-refractivity contribution in [1.82, 2.24) is 0 Å². The molecule has 0 aliphatic heterocycles. The molecule has 2 nitrogen and oxygen atoms in total. The lowest BCUT2D eigenvalue weighted by Gasteiger charge is -2.21. The second-order valence-electron chi connectivity index (χ2n) is 4.60. The molecule has 0 spiro atoms. The summed E-state index contributed by atoms with van der Waals surface area (Å²) in [6, 6.07) is 8.05. The molecule has 0 aliphatic carbocycles. The van der Waals surface area contributed by atoms with Crippen LogP contribution in [0.2, 0.25) is 0 Å². The molecule has 0 bridgehead atoms. The molecule has 0 aliphatic rings. The molecule has 0 saturated heterocycles. The molecule has 100 valence electrons. The van der Waals surface area contributed by atoms with Crippen LogP contribution in [0.1, 0.15) is 50.9 Å². The van der Waals surface area contributed by atoms with Crippen molar-refractivity contribution in [1.29, 1.82) is 0 Å². The minimum atomic E-state index is 0.171. The van der Waals surface area contributed by atoms with Gasteiger partial charge in [0.05, 0.1) is 0 Å². The molecule has 2 heteroatoms. The van der Waals surface area contributed by atoms with E-state index in [0.717, 1.165) is 31.5 Å². The Morgan fingerprint density at radius 3 is 1.89 bits per heavy atom. The van der Waals surface area contributed by atoms with Crippen LogP contribution in [0.5, 0.6) is 0 Å². The van der Waals surface area contributed by atoms with Crippen molar-refractivity contribution in [3.63, 3.8) is 0 Å². The molecule has 1 aromatic carbocycles. The highest BCUT2D eigenvalue weighted by Crippen LogP contribution is 2.19. The van der Waals surface area contributed by atoms with E-state index in [1.54, 1.807) is 0 Å². The number of ketones is 1. The van der Waals surface area contributed by atoms with Gasteiger partial charge in [-0.3, -0.25) is 4.79 Å². The molecule has 0 amide bonds. The van der Waals surface area contributed by atoms with Gasteiger partial charge in [-0.05, 0) is 51.0 Å². The van der Waals surface area contributed by atoms with E-state index in [-0.39, 0.29) is 11.7 Å². The standard InChI is InChI=1S/C16H25NO/c1-5-13(6-2)16(18)14-9-11-15(12-10-14)17(7-3)8-4/h9-13H,5-8H2,1-4H3. The van der Waals surface area contributed by atoms with Crippen molar-refractivity contribution in [3.05, 3.63) is 29.8 Å². The van der Waals surface area contributed by atoms with Gasteiger partial charge in [-0.15, -0.1) is 0 Å². The predicted octanol–water partition coefficient (Wildman–Crippen LogP) is 4.15. The van der Waals surface area contributed by atoms with Crippen LogP contribution in [0.15, 0.2) is 24.3 Å². The van der Waals surface area contributed by atoms with Crippen LogP contribution in [0.4, 0.5) is 5.69 Å². The first-order valence-electron chi connectivity index (χ1n) is 7.07. The smallest absolute Gasteiger partial charge is 0.165 e. The quantitative estimate of drug-likeness (QED) is 0.675. The molecular weight excluding hydrogens is 222 g/mol. The number of Topliss-reactive ketones (excluding diaryl/α,β-unsaturated/α-hetero) is 1. The van der Waals surface area contributed by atoms with Crippen molar-refractivity contribution in [2.45, 2.75) is 40.5 Å². The molecule has 0 N–H and O–H groups in total. The molecule has 0 fully saturated rings. The van der Waals surface area contributed by atoms with Gasteiger partial charge in [0, 0.05) is 30.3 Å². The highest BCUT2D eigenvalue weighted by molar-refractivity contribution is 5.98. The summed E-state index contributed by atoms with van der Waals surface area (Å²) in [5.41, 5.74) is 2.04. The summed E-state index contributed by atoms with van der Waals surface area (Å²) in [7, 11) is 0. The van der Waals surface area contributed by atoms with E-state index in [0.29, 0.717) is 0 Å². The molecule has 1 rings (SSSR count). The number of benzene rings is 1. The third-order valence-corrected chi connectivity index (χ3v) is 3.64. The van der Waals surface area contributed by atoms with Crippen LogP contribution in [0.25, 0.3) is 0 Å². The van der Waals surface area contributed by atoms with Gasteiger partial charge in [-0.25, -0.2) is 0 Å². The predicted molar refractivity (Wildman–Crippen MR) is 78.4 cm³/mol. The van der Waals surface area contributed by atoms with Crippen molar-refractivity contribution in [2.24, 2.45) is 5.92 Å². The summed E-state index contributed by atoms with van der Waals surface area (Å²) >= 11 is 0. The number of anilines is 1. The third kappa shape index (κ3) is 3.34. The van der Waals surface area contributed by atoms with Crippen LogP contribution in [0.3, 0.4) is 0 Å². The van der Waals surface area contributed by atoms with E-state index >= 15 is 0 Å². The summed E-state index contributed by atoms with van der Waals surface area (Å²) in [6.45, 7) is 10.4. The highest BCUT2D eigenvalue weighted by Gasteiger charge is 2.16. The first kappa shape index (κ1) is 14.7. The zero-order valence-electron chi connectivity index (χ0n) is 12.1. The fourth-order valence-electron chi connectivity index (χ4n) is 2.32. The van der Waals surface area contributed by atoms with Gasteiger partial charge in [0.1, 0.15) is 0 Å². The second kappa shape index (κ2) is 7.20. The van der Waals surface area contributed by atoms with Crippen molar-refractivity contribution >= 4 is 11.5 Å². The first-order chi connectivity index (χ1) is 8.67. The normalized spacial score (nSPS) is 10.7. The molecule has 0 saturated carbocycles. The Hall–Kier alpha value is -1.31. The Bertz CT molecular complexity index is 361. The number of rotatable bonds is 7. The molecule has 1 aromatic rings. The van der Waals surface area contributed by atoms with Gasteiger partial charge in [0.25, 0.3) is 0 Å². The number of hydrogen-bond acceptors (Lipinski definition) is 2. The van der Waals surface area contributed by atoms with Crippen LogP contribution in [0, 0.1) is 5.92 Å². The minimum Gasteiger partial charge on any atom is -0.372 e. The lowest BCUT2D eigenvalue weighted by Crippen LogP contribution is -2.21. The van der Waals surface area contributed by atoms with Gasteiger partial charge >= 0.3 is 0 Å². The maximum absolute atomic E-state index is 12.2. The maximum atomic E-state index is 12.2. The SMILES string of the molecule is CCC(CC)C(=O)c1ccc(N(CC)CC)cc1. The van der Waals surface area contributed by atoms with E-state index in [2.05, 4.69) is 44.7 Å². The van der Waals surface area contributed by atoms with Gasteiger partial charge < -0.3 is 4.90 Å². The Balaban J connectivity index is 2.85. The van der Waals surface area contributed by atoms with Crippen LogP contribution >= 0.6 is 0 Å². The van der Waals surface area contributed by atoms with Gasteiger partial charge in [0.2, 0.25) is 0 Å². The topological polar surface area (TPSA) is 20.3 Å². The van der Waals surface area contributed by atoms with E-state index < -0.39 is 0 Å². The molecule has 0 heterocycles. The van der Waals surface area contributed by atoms with Gasteiger partial charge in [-0.1, -0.05) is 13.8 Å². The fraction of sp³-hybridized carbons (Fsp3) is 0.562. The largest absolute Gasteiger partial charge is 0.372 e. The number of carbonyl (C=O) groups is 1. The maximum Gasteiger partial charge on any atom is 0.165 e. The Kier molecular flexibility index (Phi) is 5.90. The summed E-state index contributed by atoms with van der Waals surface area (Å²) in [4.78, 5) is 14.5. The monoisotopic (exact) mass is 247 g/mol. The van der Waals surface area contributed by atoms with Crippen molar-refractivity contribution in [3.8, 4) is 0 Å². The van der Waals surface area contributed by atoms with Crippen LogP contribution in [-0.4, -0.2) is 18.9 Å². The van der Waals surface area contributed by atoms with E-state index in [1.165, 1.54) is 5.69 Å². The average molecular weight is 247 g/mol. The fourth-order valence-corrected chi connectivity index (χ4v) is 2.32. The third-order valence-electron chi connectivity index (χ3n) is 3.64. The summed E-state index contributed by atoms with van der Waals surface area (Å²) in [6.07, 6.45) is 1.85. The average Bonchev–Trinajstić information content (AvgIpc) is 2.42. The molecule has 0 unspecified atom stereocenters. The Morgan fingerprint density at radius 2 is 1.50 bits per heavy atom. The molecule has 0 radical (unpaired) electrons. The zero-order chi connectivity index (χ0) is 13.5. The summed E-state index contributed by atoms with van der Waals surface area (Å²) in [5.74, 6) is 0.454. The lowest BCUT2D eigenvalue weighted by atomic mass is 9.93. The number of nitrogens with zero attached hydrogens (tertiary/aromatic N) is 1. The molecular formula is C16H25NO. The van der Waals surface area contributed by atoms with E-state index in [1.807, 2.05) is 12.1 Å². The van der Waals surface area contributed by atoms with Crippen LogP contribution in [-0.2, 0) is 0 Å². The van der Waals surface area contributed by atoms with Gasteiger partial charge in [0.15, 0.2) is 5.78 Å².